The first kappa shape index (κ1) is 19.0. The summed E-state index contributed by atoms with van der Waals surface area (Å²) in [6.45, 7) is 8.42. The van der Waals surface area contributed by atoms with Gasteiger partial charge in [0.05, 0.1) is 5.56 Å². The van der Waals surface area contributed by atoms with Crippen LogP contribution in [0.15, 0.2) is 42.6 Å². The summed E-state index contributed by atoms with van der Waals surface area (Å²) in [6, 6.07) is 9.57. The lowest BCUT2D eigenvalue weighted by atomic mass is 10.0. The Morgan fingerprint density at radius 1 is 1.04 bits per heavy atom. The van der Waals surface area contributed by atoms with Gasteiger partial charge in [0.25, 0.3) is 0 Å². The molecular formula is C22H22F2N2O. The van der Waals surface area contributed by atoms with Crippen LogP contribution in [0.3, 0.4) is 0 Å². The zero-order valence-electron chi connectivity index (χ0n) is 15.9. The Labute approximate surface area is 158 Å². The van der Waals surface area contributed by atoms with E-state index in [0.29, 0.717) is 18.2 Å². The first-order chi connectivity index (χ1) is 12.8. The van der Waals surface area contributed by atoms with Crippen LogP contribution in [0.5, 0.6) is 5.75 Å². The van der Waals surface area contributed by atoms with Gasteiger partial charge in [0.15, 0.2) is 5.82 Å². The van der Waals surface area contributed by atoms with Gasteiger partial charge in [0, 0.05) is 23.5 Å². The molecule has 0 unspecified atom stereocenters. The summed E-state index contributed by atoms with van der Waals surface area (Å²) >= 11 is 0. The van der Waals surface area contributed by atoms with Crippen molar-refractivity contribution in [2.24, 2.45) is 0 Å². The number of hydrogen-bond acceptors (Lipinski definition) is 3. The average molecular weight is 368 g/mol. The number of rotatable bonds is 5. The zero-order valence-corrected chi connectivity index (χ0v) is 15.9. The molecule has 0 fully saturated rings. The van der Waals surface area contributed by atoms with E-state index in [1.165, 1.54) is 17.7 Å². The fourth-order valence-corrected chi connectivity index (χ4v) is 2.72. The van der Waals surface area contributed by atoms with Gasteiger partial charge in [-0.25, -0.2) is 18.7 Å². The number of nitrogens with zero attached hydrogens (tertiary/aromatic N) is 2. The van der Waals surface area contributed by atoms with E-state index < -0.39 is 11.6 Å². The van der Waals surface area contributed by atoms with Gasteiger partial charge >= 0.3 is 0 Å². The minimum atomic E-state index is -0.681. The highest BCUT2D eigenvalue weighted by molar-refractivity contribution is 5.56. The van der Waals surface area contributed by atoms with Crippen molar-refractivity contribution >= 4 is 0 Å². The molecular weight excluding hydrogens is 346 g/mol. The van der Waals surface area contributed by atoms with Crippen LogP contribution in [0.4, 0.5) is 8.78 Å². The predicted molar refractivity (Wildman–Crippen MR) is 102 cm³/mol. The number of aromatic nitrogens is 2. The topological polar surface area (TPSA) is 35.0 Å². The molecule has 0 saturated carbocycles. The summed E-state index contributed by atoms with van der Waals surface area (Å²) in [5.74, 6) is 0.167. The third-order valence-electron chi connectivity index (χ3n) is 4.52. The molecule has 0 aliphatic rings. The second-order valence-corrected chi connectivity index (χ2v) is 6.90. The second kappa shape index (κ2) is 7.82. The van der Waals surface area contributed by atoms with Crippen LogP contribution in [0, 0.1) is 25.5 Å². The largest absolute Gasteiger partial charge is 0.488 e. The van der Waals surface area contributed by atoms with Gasteiger partial charge < -0.3 is 4.74 Å². The SMILES string of the molecule is Cc1ccc(C(C)C)cc1OCc1cnc(-c2ccc(F)cc2F)nc1C. The van der Waals surface area contributed by atoms with Gasteiger partial charge in [-0.15, -0.1) is 0 Å². The van der Waals surface area contributed by atoms with Crippen molar-refractivity contribution in [3.63, 3.8) is 0 Å². The van der Waals surface area contributed by atoms with Crippen molar-refractivity contribution in [3.8, 4) is 17.1 Å². The molecule has 0 saturated heterocycles. The Hall–Kier alpha value is -2.82. The molecule has 0 N–H and O–H groups in total. The molecule has 3 rings (SSSR count). The number of aryl methyl sites for hydroxylation is 2. The molecule has 5 heteroatoms. The molecule has 27 heavy (non-hydrogen) atoms. The highest BCUT2D eigenvalue weighted by Gasteiger charge is 2.12. The summed E-state index contributed by atoms with van der Waals surface area (Å²) in [5, 5.41) is 0. The van der Waals surface area contributed by atoms with E-state index in [-0.39, 0.29) is 11.4 Å². The summed E-state index contributed by atoms with van der Waals surface area (Å²) in [6.07, 6.45) is 1.63. The summed E-state index contributed by atoms with van der Waals surface area (Å²) in [5.41, 5.74) is 3.96. The van der Waals surface area contributed by atoms with E-state index in [2.05, 4.69) is 42.0 Å². The summed E-state index contributed by atoms with van der Waals surface area (Å²) in [7, 11) is 0. The van der Waals surface area contributed by atoms with Gasteiger partial charge in [-0.3, -0.25) is 0 Å². The summed E-state index contributed by atoms with van der Waals surface area (Å²) < 4.78 is 33.0. The van der Waals surface area contributed by atoms with Crippen LogP contribution in [-0.4, -0.2) is 9.97 Å². The molecule has 0 atom stereocenters. The predicted octanol–water partition coefficient (Wildman–Crippen LogP) is 5.74. The number of halogens is 2. The third kappa shape index (κ3) is 4.30. The first-order valence-electron chi connectivity index (χ1n) is 8.86. The van der Waals surface area contributed by atoms with Crippen LogP contribution >= 0.6 is 0 Å². The lowest BCUT2D eigenvalue weighted by Crippen LogP contribution is -2.04. The highest BCUT2D eigenvalue weighted by Crippen LogP contribution is 2.26. The molecule has 0 spiro atoms. The van der Waals surface area contributed by atoms with Gasteiger partial charge in [-0.05, 0) is 49.1 Å². The van der Waals surface area contributed by atoms with Gasteiger partial charge in [0.2, 0.25) is 0 Å². The van der Waals surface area contributed by atoms with Gasteiger partial charge in [0.1, 0.15) is 24.0 Å². The quantitative estimate of drug-likeness (QED) is 0.576. The lowest BCUT2D eigenvalue weighted by molar-refractivity contribution is 0.302. The molecule has 3 aromatic rings. The van der Waals surface area contributed by atoms with E-state index in [1.807, 2.05) is 13.8 Å². The van der Waals surface area contributed by atoms with Crippen molar-refractivity contribution in [1.29, 1.82) is 0 Å². The highest BCUT2D eigenvalue weighted by atomic mass is 19.1. The zero-order chi connectivity index (χ0) is 19.6. The monoisotopic (exact) mass is 368 g/mol. The smallest absolute Gasteiger partial charge is 0.162 e. The van der Waals surface area contributed by atoms with Crippen molar-refractivity contribution in [1.82, 2.24) is 9.97 Å². The standard InChI is InChI=1S/C22H22F2N2O/c1-13(2)16-6-5-14(3)21(9-16)27-12-17-11-25-22(26-15(17)4)19-8-7-18(23)10-20(19)24/h5-11,13H,12H2,1-4H3. The van der Waals surface area contributed by atoms with E-state index in [1.54, 1.807) is 6.20 Å². The number of benzene rings is 2. The minimum absolute atomic E-state index is 0.174. The molecule has 0 amide bonds. The average Bonchev–Trinajstić information content (AvgIpc) is 2.61. The molecule has 1 heterocycles. The van der Waals surface area contributed by atoms with Crippen LogP contribution in [0.1, 0.15) is 42.1 Å². The Balaban J connectivity index is 1.80. The van der Waals surface area contributed by atoms with E-state index in [9.17, 15) is 8.78 Å². The van der Waals surface area contributed by atoms with Crippen LogP contribution in [0.25, 0.3) is 11.4 Å². The molecule has 0 aliphatic carbocycles. The molecule has 140 valence electrons. The van der Waals surface area contributed by atoms with Crippen molar-refractivity contribution in [2.45, 2.75) is 40.2 Å². The Morgan fingerprint density at radius 3 is 2.48 bits per heavy atom. The van der Waals surface area contributed by atoms with Crippen molar-refractivity contribution in [2.75, 3.05) is 0 Å². The molecule has 0 radical (unpaired) electrons. The van der Waals surface area contributed by atoms with Crippen LogP contribution in [0.2, 0.25) is 0 Å². The summed E-state index contributed by atoms with van der Waals surface area (Å²) in [4.78, 5) is 8.59. The van der Waals surface area contributed by atoms with E-state index >= 15 is 0 Å². The Kier molecular flexibility index (Phi) is 5.49. The maximum absolute atomic E-state index is 13.9. The van der Waals surface area contributed by atoms with Crippen LogP contribution < -0.4 is 4.74 Å². The second-order valence-electron chi connectivity index (χ2n) is 6.90. The minimum Gasteiger partial charge on any atom is -0.488 e. The van der Waals surface area contributed by atoms with Gasteiger partial charge in [-0.1, -0.05) is 26.0 Å². The number of hydrogen-bond donors (Lipinski definition) is 0. The lowest BCUT2D eigenvalue weighted by Gasteiger charge is -2.14. The van der Waals surface area contributed by atoms with Gasteiger partial charge in [-0.2, -0.15) is 0 Å². The Bertz CT molecular complexity index is 971. The fourth-order valence-electron chi connectivity index (χ4n) is 2.72. The maximum Gasteiger partial charge on any atom is 0.162 e. The molecule has 2 aromatic carbocycles. The third-order valence-corrected chi connectivity index (χ3v) is 4.52. The maximum atomic E-state index is 13.9. The van der Waals surface area contributed by atoms with E-state index in [0.717, 1.165) is 22.9 Å². The molecule has 0 aliphatic heterocycles. The molecule has 3 nitrogen and oxygen atoms in total. The fraction of sp³-hybridized carbons (Fsp3) is 0.273. The van der Waals surface area contributed by atoms with Crippen LogP contribution in [-0.2, 0) is 6.61 Å². The number of ether oxygens (including phenoxy) is 1. The molecule has 1 aromatic heterocycles. The first-order valence-corrected chi connectivity index (χ1v) is 8.86. The van der Waals surface area contributed by atoms with Crippen molar-refractivity contribution < 1.29 is 13.5 Å². The Morgan fingerprint density at radius 2 is 1.81 bits per heavy atom. The molecule has 0 bridgehead atoms. The van der Waals surface area contributed by atoms with Crippen molar-refractivity contribution in [3.05, 3.63) is 76.6 Å². The van der Waals surface area contributed by atoms with E-state index in [4.69, 9.17) is 4.74 Å². The normalized spacial score (nSPS) is 11.1.